The molecule has 2 N–H and O–H groups in total. The summed E-state index contributed by atoms with van der Waals surface area (Å²) in [5.74, 6) is 1.73. The molecule has 0 heterocycles. The fourth-order valence-electron chi connectivity index (χ4n) is 1.14. The minimum Gasteiger partial charge on any atom is -0.398 e. The first-order valence-corrected chi connectivity index (χ1v) is 5.42. The third-order valence-electron chi connectivity index (χ3n) is 2.14. The molecule has 1 nitrogen and oxygen atoms in total. The van der Waals surface area contributed by atoms with Crippen LogP contribution in [0.3, 0.4) is 0 Å². The van der Waals surface area contributed by atoms with E-state index in [1.807, 2.05) is 0 Å². The largest absolute Gasteiger partial charge is 0.398 e. The average Bonchev–Trinajstić information content (AvgIpc) is 2.86. The van der Waals surface area contributed by atoms with Crippen LogP contribution >= 0.6 is 11.8 Å². The van der Waals surface area contributed by atoms with E-state index in [2.05, 4.69) is 0 Å². The summed E-state index contributed by atoms with van der Waals surface area (Å²) < 4.78 is 12.7. The zero-order valence-corrected chi connectivity index (χ0v) is 8.11. The van der Waals surface area contributed by atoms with Gasteiger partial charge in [0.05, 0.1) is 0 Å². The molecule has 0 spiro atoms. The maximum Gasteiger partial charge on any atom is 0.125 e. The smallest absolute Gasteiger partial charge is 0.125 e. The highest BCUT2D eigenvalue weighted by Crippen LogP contribution is 2.36. The minimum atomic E-state index is -0.256. The second kappa shape index (κ2) is 3.58. The number of hydrogen-bond donors (Lipinski definition) is 1. The van der Waals surface area contributed by atoms with Crippen molar-refractivity contribution < 1.29 is 4.39 Å². The molecule has 1 aliphatic rings. The number of benzene rings is 1. The highest BCUT2D eigenvalue weighted by atomic mass is 32.2. The van der Waals surface area contributed by atoms with Gasteiger partial charge in [0.1, 0.15) is 5.82 Å². The van der Waals surface area contributed by atoms with E-state index in [4.69, 9.17) is 5.73 Å². The quantitative estimate of drug-likeness (QED) is 0.595. The lowest BCUT2D eigenvalue weighted by Crippen LogP contribution is -1.91. The van der Waals surface area contributed by atoms with Crippen molar-refractivity contribution in [1.82, 2.24) is 0 Å². The lowest BCUT2D eigenvalue weighted by molar-refractivity contribution is 0.627. The van der Waals surface area contributed by atoms with E-state index in [0.717, 1.165) is 16.6 Å². The molecule has 13 heavy (non-hydrogen) atoms. The van der Waals surface area contributed by atoms with Crippen LogP contribution in [-0.4, -0.2) is 5.75 Å². The van der Waals surface area contributed by atoms with E-state index < -0.39 is 0 Å². The van der Waals surface area contributed by atoms with Crippen LogP contribution in [0.2, 0.25) is 0 Å². The minimum absolute atomic E-state index is 0.256. The fourth-order valence-corrected chi connectivity index (χ4v) is 2.28. The van der Waals surface area contributed by atoms with Gasteiger partial charge in [-0.15, -0.1) is 11.8 Å². The first kappa shape index (κ1) is 8.88. The van der Waals surface area contributed by atoms with Crippen LogP contribution in [0.15, 0.2) is 23.1 Å². The van der Waals surface area contributed by atoms with Crippen LogP contribution in [0.4, 0.5) is 10.1 Å². The van der Waals surface area contributed by atoms with Crippen molar-refractivity contribution in [3.05, 3.63) is 24.0 Å². The van der Waals surface area contributed by atoms with E-state index in [1.54, 1.807) is 17.8 Å². The van der Waals surface area contributed by atoms with Crippen LogP contribution < -0.4 is 5.73 Å². The van der Waals surface area contributed by atoms with Crippen LogP contribution in [0.1, 0.15) is 12.8 Å². The summed E-state index contributed by atoms with van der Waals surface area (Å²) in [4.78, 5) is 1.01. The molecule has 3 heteroatoms. The maximum absolute atomic E-state index is 12.7. The van der Waals surface area contributed by atoms with E-state index >= 15 is 0 Å². The topological polar surface area (TPSA) is 26.0 Å². The molecule has 0 amide bonds. The molecule has 0 aromatic heterocycles. The lowest BCUT2D eigenvalue weighted by Gasteiger charge is -2.03. The number of nitrogen functional groups attached to an aromatic ring is 1. The van der Waals surface area contributed by atoms with Crippen LogP contribution in [0.5, 0.6) is 0 Å². The Labute approximate surface area is 81.5 Å². The summed E-state index contributed by atoms with van der Waals surface area (Å²) in [5.41, 5.74) is 6.23. The molecule has 0 unspecified atom stereocenters. The van der Waals surface area contributed by atoms with Gasteiger partial charge in [-0.3, -0.25) is 0 Å². The number of hydrogen-bond acceptors (Lipinski definition) is 2. The van der Waals surface area contributed by atoms with Gasteiger partial charge < -0.3 is 5.73 Å². The monoisotopic (exact) mass is 197 g/mol. The Morgan fingerprint density at radius 2 is 2.23 bits per heavy atom. The van der Waals surface area contributed by atoms with Crippen LogP contribution in [0, 0.1) is 11.7 Å². The van der Waals surface area contributed by atoms with Gasteiger partial charge >= 0.3 is 0 Å². The van der Waals surface area contributed by atoms with Crippen molar-refractivity contribution in [3.8, 4) is 0 Å². The van der Waals surface area contributed by atoms with Crippen molar-refractivity contribution in [2.24, 2.45) is 5.92 Å². The van der Waals surface area contributed by atoms with Crippen molar-refractivity contribution >= 4 is 17.4 Å². The summed E-state index contributed by atoms with van der Waals surface area (Å²) in [7, 11) is 0. The lowest BCUT2D eigenvalue weighted by atomic mass is 10.3. The summed E-state index contributed by atoms with van der Waals surface area (Å²) in [6.45, 7) is 0. The second-order valence-electron chi connectivity index (χ2n) is 3.44. The Morgan fingerprint density at radius 1 is 1.46 bits per heavy atom. The number of rotatable bonds is 3. The van der Waals surface area contributed by atoms with E-state index in [-0.39, 0.29) is 5.82 Å². The molecule has 0 bridgehead atoms. The van der Waals surface area contributed by atoms with Gasteiger partial charge in [-0.05, 0) is 37.0 Å². The third-order valence-corrected chi connectivity index (χ3v) is 3.46. The number of thioether (sulfide) groups is 1. The number of halogens is 1. The summed E-state index contributed by atoms with van der Waals surface area (Å²) in [5, 5.41) is 0. The molecule has 1 aromatic rings. The fraction of sp³-hybridized carbons (Fsp3) is 0.400. The van der Waals surface area contributed by atoms with Gasteiger partial charge in [-0.25, -0.2) is 4.39 Å². The normalized spacial score (nSPS) is 16.1. The van der Waals surface area contributed by atoms with Crippen molar-refractivity contribution in [2.45, 2.75) is 17.7 Å². The number of anilines is 1. The summed E-state index contributed by atoms with van der Waals surface area (Å²) in [6, 6.07) is 4.61. The van der Waals surface area contributed by atoms with E-state index in [1.165, 1.54) is 25.0 Å². The molecule has 0 atom stereocenters. The summed E-state index contributed by atoms with van der Waals surface area (Å²) >= 11 is 1.73. The first-order chi connectivity index (χ1) is 6.25. The first-order valence-electron chi connectivity index (χ1n) is 4.43. The van der Waals surface area contributed by atoms with E-state index in [0.29, 0.717) is 5.69 Å². The van der Waals surface area contributed by atoms with Crippen molar-refractivity contribution in [2.75, 3.05) is 11.5 Å². The molecule has 1 aliphatic carbocycles. The third kappa shape index (κ3) is 2.37. The molecule has 0 radical (unpaired) electrons. The Hall–Kier alpha value is -0.700. The molecule has 0 aliphatic heterocycles. The molecule has 1 aromatic carbocycles. The highest BCUT2D eigenvalue weighted by Gasteiger charge is 2.21. The van der Waals surface area contributed by atoms with Crippen molar-refractivity contribution in [3.63, 3.8) is 0 Å². The molecule has 2 rings (SSSR count). The highest BCUT2D eigenvalue weighted by molar-refractivity contribution is 7.99. The molecule has 0 saturated heterocycles. The zero-order chi connectivity index (χ0) is 9.26. The predicted molar refractivity (Wildman–Crippen MR) is 54.3 cm³/mol. The Kier molecular flexibility index (Phi) is 2.44. The van der Waals surface area contributed by atoms with Gasteiger partial charge in [-0.1, -0.05) is 0 Å². The van der Waals surface area contributed by atoms with Crippen molar-refractivity contribution in [1.29, 1.82) is 0 Å². The Balaban J connectivity index is 2.01. The maximum atomic E-state index is 12.7. The summed E-state index contributed by atoms with van der Waals surface area (Å²) in [6.07, 6.45) is 2.68. The van der Waals surface area contributed by atoms with Crippen LogP contribution in [-0.2, 0) is 0 Å². The Bertz CT molecular complexity index is 310. The Morgan fingerprint density at radius 3 is 2.85 bits per heavy atom. The van der Waals surface area contributed by atoms with Gasteiger partial charge in [0.25, 0.3) is 0 Å². The second-order valence-corrected chi connectivity index (χ2v) is 4.50. The SMILES string of the molecule is Nc1cc(F)ccc1SCC1CC1. The van der Waals surface area contributed by atoms with Gasteiger partial charge in [-0.2, -0.15) is 0 Å². The standard InChI is InChI=1S/C10H12FNS/c11-8-3-4-10(9(12)5-8)13-6-7-1-2-7/h3-5,7H,1-2,6,12H2. The zero-order valence-electron chi connectivity index (χ0n) is 7.29. The van der Waals surface area contributed by atoms with Crippen LogP contribution in [0.25, 0.3) is 0 Å². The predicted octanol–water partition coefficient (Wildman–Crippen LogP) is 2.91. The molecular formula is C10H12FNS. The number of nitrogens with two attached hydrogens (primary N) is 1. The van der Waals surface area contributed by atoms with Gasteiger partial charge in [0.2, 0.25) is 0 Å². The average molecular weight is 197 g/mol. The van der Waals surface area contributed by atoms with Gasteiger partial charge in [0.15, 0.2) is 0 Å². The molecule has 1 fully saturated rings. The molecular weight excluding hydrogens is 185 g/mol. The molecule has 1 saturated carbocycles. The van der Waals surface area contributed by atoms with E-state index in [9.17, 15) is 4.39 Å². The van der Waals surface area contributed by atoms with Gasteiger partial charge in [0, 0.05) is 16.3 Å². The molecule has 70 valence electrons.